The van der Waals surface area contributed by atoms with Crippen LogP contribution < -0.4 is 10.6 Å². The Morgan fingerprint density at radius 2 is 1.70 bits per heavy atom. The molecule has 14 heteroatoms. The molecule has 0 saturated carbocycles. The van der Waals surface area contributed by atoms with Crippen molar-refractivity contribution in [1.82, 2.24) is 20.4 Å². The molecule has 0 spiro atoms. The normalized spacial score (nSPS) is 25.5. The molecular weight excluding hydrogens is 571 g/mol. The average Bonchev–Trinajstić information content (AvgIpc) is 3.57. The van der Waals surface area contributed by atoms with E-state index in [-0.39, 0.29) is 19.6 Å². The van der Waals surface area contributed by atoms with Crippen molar-refractivity contribution in [2.24, 2.45) is 0 Å². The molecule has 1 aromatic carbocycles. The van der Waals surface area contributed by atoms with E-state index in [1.165, 1.54) is 4.90 Å². The summed E-state index contributed by atoms with van der Waals surface area (Å²) in [5, 5.41) is 25.2. The van der Waals surface area contributed by atoms with Crippen LogP contribution in [0.2, 0.25) is 0 Å². The summed E-state index contributed by atoms with van der Waals surface area (Å²) in [6.07, 6.45) is 2.20. The maximum atomic E-state index is 14.0. The minimum Gasteiger partial charge on any atom is -0.444 e. The van der Waals surface area contributed by atoms with Crippen LogP contribution in [0, 0.1) is 0 Å². The lowest BCUT2D eigenvalue weighted by Gasteiger charge is -2.30. The molecule has 0 radical (unpaired) electrons. The van der Waals surface area contributed by atoms with E-state index in [0.29, 0.717) is 32.5 Å². The largest absolute Gasteiger partial charge is 0.475 e. The van der Waals surface area contributed by atoms with Crippen molar-refractivity contribution in [3.8, 4) is 0 Å². The highest BCUT2D eigenvalue weighted by Gasteiger charge is 2.45. The third-order valence-electron chi connectivity index (χ3n) is 7.98. The summed E-state index contributed by atoms with van der Waals surface area (Å²) in [6.45, 7) is 6.03. The van der Waals surface area contributed by atoms with E-state index in [1.807, 2.05) is 24.3 Å². The second-order valence-electron chi connectivity index (χ2n) is 12.7. The van der Waals surface area contributed by atoms with Crippen molar-refractivity contribution in [2.75, 3.05) is 19.8 Å². The highest BCUT2D eigenvalue weighted by molar-refractivity contribution is 6.43. The molecule has 0 aromatic heterocycles. The fraction of sp³-hybridized carbons (Fsp3) is 0.667. The molecule has 1 unspecified atom stereocenters. The van der Waals surface area contributed by atoms with E-state index in [1.54, 1.807) is 25.7 Å². The first-order valence-electron chi connectivity index (χ1n) is 15.5. The van der Waals surface area contributed by atoms with E-state index >= 15 is 0 Å². The van der Waals surface area contributed by atoms with Crippen LogP contribution in [0.1, 0.15) is 76.8 Å². The summed E-state index contributed by atoms with van der Waals surface area (Å²) >= 11 is 0. The minimum atomic E-state index is -1.79. The zero-order valence-electron chi connectivity index (χ0n) is 25.8. The van der Waals surface area contributed by atoms with Gasteiger partial charge in [0.05, 0.1) is 19.1 Å². The summed E-state index contributed by atoms with van der Waals surface area (Å²) < 4.78 is 17.0. The molecule has 4 atom stereocenters. The first-order valence-corrected chi connectivity index (χ1v) is 15.5. The number of hydrogen-bond donors (Lipinski definition) is 4. The molecule has 3 aliphatic rings. The van der Waals surface area contributed by atoms with E-state index in [2.05, 4.69) is 10.6 Å². The smallest absolute Gasteiger partial charge is 0.444 e. The average molecular weight is 617 g/mol. The molecule has 3 aliphatic heterocycles. The number of nitrogens with zero attached hydrogens (tertiary/aromatic N) is 2. The first-order chi connectivity index (χ1) is 20.9. The van der Waals surface area contributed by atoms with E-state index in [4.69, 9.17) is 14.2 Å². The molecule has 0 aliphatic carbocycles. The predicted molar refractivity (Wildman–Crippen MR) is 160 cm³/mol. The number of rotatable bonds is 3. The second kappa shape index (κ2) is 15.1. The second-order valence-corrected chi connectivity index (χ2v) is 12.7. The van der Waals surface area contributed by atoms with Crippen LogP contribution >= 0.6 is 0 Å². The number of ether oxygens (including phenoxy) is 3. The molecule has 4 N–H and O–H groups in total. The quantitative estimate of drug-likeness (QED) is 0.371. The third kappa shape index (κ3) is 9.32. The lowest BCUT2D eigenvalue weighted by Crippen LogP contribution is -2.57. The Labute approximate surface area is 258 Å². The number of fused-ring (bicyclic) bond motifs is 2. The van der Waals surface area contributed by atoms with Gasteiger partial charge in [0.1, 0.15) is 23.8 Å². The van der Waals surface area contributed by atoms with Gasteiger partial charge in [-0.25, -0.2) is 9.59 Å². The summed E-state index contributed by atoms with van der Waals surface area (Å²) in [6, 6.07) is 5.45. The van der Waals surface area contributed by atoms with Gasteiger partial charge in [0.25, 0.3) is 0 Å². The van der Waals surface area contributed by atoms with Crippen LogP contribution in [0.3, 0.4) is 0 Å². The number of hydrogen-bond acceptors (Lipinski definition) is 9. The third-order valence-corrected chi connectivity index (χ3v) is 7.98. The van der Waals surface area contributed by atoms with E-state index in [9.17, 15) is 29.2 Å². The maximum absolute atomic E-state index is 14.0. The molecule has 1 aromatic rings. The summed E-state index contributed by atoms with van der Waals surface area (Å²) in [5.74, 6) is -2.14. The van der Waals surface area contributed by atoms with Gasteiger partial charge in [-0.1, -0.05) is 49.9 Å². The van der Waals surface area contributed by atoms with Gasteiger partial charge in [0.15, 0.2) is 0 Å². The van der Waals surface area contributed by atoms with Crippen molar-refractivity contribution >= 4 is 31.1 Å². The zero-order chi connectivity index (χ0) is 31.9. The molecule has 44 heavy (non-hydrogen) atoms. The summed E-state index contributed by atoms with van der Waals surface area (Å²) in [7, 11) is -1.79. The van der Waals surface area contributed by atoms with Crippen LogP contribution in [0.5, 0.6) is 0 Å². The van der Waals surface area contributed by atoms with Crippen molar-refractivity contribution in [3.63, 3.8) is 0 Å². The Bertz CT molecular complexity index is 1150. The van der Waals surface area contributed by atoms with Crippen LogP contribution in [-0.4, -0.2) is 100 Å². The fourth-order valence-electron chi connectivity index (χ4n) is 5.75. The van der Waals surface area contributed by atoms with Crippen molar-refractivity contribution in [3.05, 3.63) is 35.4 Å². The number of amides is 4. The molecule has 0 bridgehead atoms. The van der Waals surface area contributed by atoms with Gasteiger partial charge in [-0.15, -0.1) is 0 Å². The Morgan fingerprint density at radius 1 is 1.05 bits per heavy atom. The van der Waals surface area contributed by atoms with E-state index < -0.39 is 60.8 Å². The van der Waals surface area contributed by atoms with Gasteiger partial charge in [-0.2, -0.15) is 0 Å². The highest BCUT2D eigenvalue weighted by Crippen LogP contribution is 2.27. The van der Waals surface area contributed by atoms with Gasteiger partial charge >= 0.3 is 19.3 Å². The van der Waals surface area contributed by atoms with Crippen LogP contribution in [0.4, 0.5) is 9.59 Å². The van der Waals surface area contributed by atoms with Gasteiger partial charge < -0.3 is 39.8 Å². The minimum absolute atomic E-state index is 0.00163. The molecule has 13 nitrogen and oxygen atoms in total. The molecular formula is C30H45BN4O9. The van der Waals surface area contributed by atoms with Gasteiger partial charge in [0.2, 0.25) is 11.8 Å². The Balaban J connectivity index is 1.53. The lowest BCUT2D eigenvalue weighted by molar-refractivity contribution is -0.141. The van der Waals surface area contributed by atoms with E-state index in [0.717, 1.165) is 36.8 Å². The van der Waals surface area contributed by atoms with Gasteiger partial charge in [-0.3, -0.25) is 14.5 Å². The Kier molecular flexibility index (Phi) is 11.5. The molecule has 2 saturated heterocycles. The molecule has 3 heterocycles. The topological polar surface area (TPSA) is 167 Å². The van der Waals surface area contributed by atoms with Crippen LogP contribution in [0.15, 0.2) is 24.3 Å². The van der Waals surface area contributed by atoms with Crippen LogP contribution in [-0.2, 0) is 36.9 Å². The number of carbonyl (C=O) groups excluding carboxylic acids is 4. The SMILES string of the molecule is CC(C)(C)OC(=O)NC1COCCCCCCC[C@H](B(O)O)NC(=O)[C@@H]2C[C@@H](OC(=O)N3Cc4ccccc4C3)CN2C1=O. The van der Waals surface area contributed by atoms with Crippen molar-refractivity contribution in [2.45, 2.75) is 109 Å². The molecule has 4 rings (SSSR count). The Morgan fingerprint density at radius 3 is 2.36 bits per heavy atom. The summed E-state index contributed by atoms with van der Waals surface area (Å²) in [5.41, 5.74) is 1.24. The summed E-state index contributed by atoms with van der Waals surface area (Å²) in [4.78, 5) is 56.2. The number of carbonyl (C=O) groups is 4. The van der Waals surface area contributed by atoms with Gasteiger partial charge in [-0.05, 0) is 44.7 Å². The van der Waals surface area contributed by atoms with Gasteiger partial charge in [0, 0.05) is 26.1 Å². The molecule has 242 valence electrons. The van der Waals surface area contributed by atoms with Crippen molar-refractivity contribution < 1.29 is 43.4 Å². The van der Waals surface area contributed by atoms with Crippen molar-refractivity contribution in [1.29, 1.82) is 0 Å². The first kappa shape index (κ1) is 33.5. The lowest BCUT2D eigenvalue weighted by atomic mass is 9.76. The molecule has 4 amide bonds. The molecule has 2 fully saturated rings. The monoisotopic (exact) mass is 616 g/mol. The van der Waals surface area contributed by atoms with Crippen LogP contribution in [0.25, 0.3) is 0 Å². The zero-order valence-corrected chi connectivity index (χ0v) is 25.8. The standard InChI is InChI=1S/C30H45BN4O9/c1-30(2,3)44-28(38)32-23-19-42-14-10-6-4-5-7-13-25(31(40)41)33-26(36)24-15-22(18-35(24)27(23)37)43-29(39)34-16-20-11-8-9-12-21(20)17-34/h8-9,11-12,22-25,40-41H,4-7,10,13-19H2,1-3H3,(H,32,38)(H,33,36)/t22-,23?,24+,25-/m1/s1. The number of alkyl carbamates (subject to hydrolysis) is 1. The maximum Gasteiger partial charge on any atom is 0.475 e. The predicted octanol–water partition coefficient (Wildman–Crippen LogP) is 1.87. The Hall–Kier alpha value is -3.36. The number of benzene rings is 1. The fourth-order valence-corrected chi connectivity index (χ4v) is 5.75. The number of nitrogens with one attached hydrogen (secondary N) is 2. The highest BCUT2D eigenvalue weighted by atomic mass is 16.6.